The van der Waals surface area contributed by atoms with E-state index in [1.54, 1.807) is 17.0 Å². The molecule has 1 aliphatic rings. The van der Waals surface area contributed by atoms with E-state index in [-0.39, 0.29) is 31.3 Å². The number of aliphatic hydroxyl groups excluding tert-OH is 2. The number of amides is 1. The number of likely N-dealkylation sites (tertiary alicyclic amines) is 1. The van der Waals surface area contributed by atoms with Crippen molar-refractivity contribution < 1.29 is 19.4 Å². The van der Waals surface area contributed by atoms with Gasteiger partial charge in [-0.15, -0.1) is 0 Å². The highest BCUT2D eigenvalue weighted by atomic mass is 19.1. The number of aliphatic hydroxyl groups is 2. The molecular weight excluding hydrogens is 373 g/mol. The molecule has 1 saturated heterocycles. The maximum absolute atomic E-state index is 13.2. The summed E-state index contributed by atoms with van der Waals surface area (Å²) in [4.78, 5) is 14.7. The van der Waals surface area contributed by atoms with E-state index in [0.717, 1.165) is 22.2 Å². The van der Waals surface area contributed by atoms with Crippen LogP contribution < -0.4 is 0 Å². The molecule has 7 heteroatoms. The Labute approximate surface area is 168 Å². The molecule has 0 saturated carbocycles. The van der Waals surface area contributed by atoms with Crippen LogP contribution in [0.5, 0.6) is 0 Å². The number of nitrogens with one attached hydrogen (secondary N) is 1. The average Bonchev–Trinajstić information content (AvgIpc) is 3.14. The second-order valence-electron chi connectivity index (χ2n) is 7.84. The number of benzene rings is 2. The van der Waals surface area contributed by atoms with Gasteiger partial charge in [-0.3, -0.25) is 9.89 Å². The van der Waals surface area contributed by atoms with Gasteiger partial charge in [0, 0.05) is 23.9 Å². The lowest BCUT2D eigenvalue weighted by Crippen LogP contribution is -2.56. The van der Waals surface area contributed by atoms with Crippen molar-refractivity contribution in [3.05, 3.63) is 65.6 Å². The normalized spacial score (nSPS) is 22.2. The molecule has 1 aromatic heterocycles. The van der Waals surface area contributed by atoms with Gasteiger partial charge in [-0.1, -0.05) is 30.3 Å². The maximum Gasteiger partial charge on any atom is 0.228 e. The lowest BCUT2D eigenvalue weighted by atomic mass is 9.73. The van der Waals surface area contributed by atoms with Gasteiger partial charge in [0.05, 0.1) is 30.3 Å². The van der Waals surface area contributed by atoms with Crippen LogP contribution in [0.2, 0.25) is 0 Å². The third kappa shape index (κ3) is 3.88. The number of aromatic amines is 1. The van der Waals surface area contributed by atoms with E-state index in [9.17, 15) is 19.4 Å². The molecule has 0 aliphatic carbocycles. The van der Waals surface area contributed by atoms with Crippen molar-refractivity contribution in [3.8, 4) is 0 Å². The highest BCUT2D eigenvalue weighted by molar-refractivity contribution is 5.87. The Morgan fingerprint density at radius 1 is 1.24 bits per heavy atom. The van der Waals surface area contributed by atoms with Crippen LogP contribution >= 0.6 is 0 Å². The van der Waals surface area contributed by atoms with Crippen molar-refractivity contribution >= 4 is 16.8 Å². The summed E-state index contributed by atoms with van der Waals surface area (Å²) in [5.74, 6) is -0.414. The number of aromatic nitrogens is 2. The number of carbonyl (C=O) groups excluding carboxylic acids is 1. The average molecular weight is 397 g/mol. The lowest BCUT2D eigenvalue weighted by molar-refractivity contribution is -0.141. The summed E-state index contributed by atoms with van der Waals surface area (Å²) in [6, 6.07) is 13.6. The molecule has 1 amide bonds. The molecular formula is C22H24FN3O3. The molecule has 3 aromatic rings. The predicted octanol–water partition coefficient (Wildman–Crippen LogP) is 2.06. The molecule has 0 radical (unpaired) electrons. The number of nitrogens with zero attached hydrogens (tertiary/aromatic N) is 2. The Kier molecular flexibility index (Phi) is 5.34. The fourth-order valence-electron chi connectivity index (χ4n) is 4.17. The molecule has 0 unspecified atom stereocenters. The lowest BCUT2D eigenvalue weighted by Gasteiger charge is -2.45. The first-order valence-electron chi connectivity index (χ1n) is 9.74. The zero-order valence-corrected chi connectivity index (χ0v) is 16.0. The minimum absolute atomic E-state index is 0.0803. The van der Waals surface area contributed by atoms with Crippen LogP contribution in [0.1, 0.15) is 17.7 Å². The molecule has 2 atom stereocenters. The van der Waals surface area contributed by atoms with Crippen molar-refractivity contribution in [2.24, 2.45) is 5.41 Å². The summed E-state index contributed by atoms with van der Waals surface area (Å²) >= 11 is 0. The minimum Gasteiger partial charge on any atom is -0.396 e. The van der Waals surface area contributed by atoms with E-state index in [1.807, 2.05) is 24.3 Å². The second-order valence-corrected chi connectivity index (χ2v) is 7.84. The van der Waals surface area contributed by atoms with E-state index in [2.05, 4.69) is 10.2 Å². The summed E-state index contributed by atoms with van der Waals surface area (Å²) < 4.78 is 13.2. The summed E-state index contributed by atoms with van der Waals surface area (Å²) in [7, 11) is 0. The maximum atomic E-state index is 13.2. The Morgan fingerprint density at radius 2 is 2.00 bits per heavy atom. The molecule has 0 spiro atoms. The van der Waals surface area contributed by atoms with Gasteiger partial charge in [0.2, 0.25) is 5.91 Å². The number of H-pyrrole nitrogens is 1. The fourth-order valence-corrected chi connectivity index (χ4v) is 4.17. The van der Waals surface area contributed by atoms with Crippen molar-refractivity contribution in [1.29, 1.82) is 0 Å². The third-order valence-corrected chi connectivity index (χ3v) is 5.89. The van der Waals surface area contributed by atoms with E-state index < -0.39 is 11.5 Å². The molecule has 2 aromatic carbocycles. The van der Waals surface area contributed by atoms with E-state index >= 15 is 0 Å². The first-order chi connectivity index (χ1) is 14.0. The van der Waals surface area contributed by atoms with Gasteiger partial charge in [0.1, 0.15) is 5.82 Å². The Hall–Kier alpha value is -2.77. The Morgan fingerprint density at radius 3 is 2.76 bits per heavy atom. The van der Waals surface area contributed by atoms with Gasteiger partial charge in [-0.05, 0) is 36.6 Å². The number of fused-ring (bicyclic) bond motifs is 1. The second kappa shape index (κ2) is 7.93. The highest BCUT2D eigenvalue weighted by Gasteiger charge is 2.43. The monoisotopic (exact) mass is 397 g/mol. The topological polar surface area (TPSA) is 89.5 Å². The van der Waals surface area contributed by atoms with Gasteiger partial charge in [-0.2, -0.15) is 5.10 Å². The minimum atomic E-state index is -0.873. The molecule has 152 valence electrons. The van der Waals surface area contributed by atoms with Crippen LogP contribution in [0, 0.1) is 11.2 Å². The van der Waals surface area contributed by atoms with Gasteiger partial charge in [0.25, 0.3) is 0 Å². The highest BCUT2D eigenvalue weighted by Crippen LogP contribution is 2.34. The number of halogens is 1. The van der Waals surface area contributed by atoms with E-state index in [1.165, 1.54) is 12.1 Å². The molecule has 4 rings (SSSR count). The molecule has 2 heterocycles. The molecule has 29 heavy (non-hydrogen) atoms. The zero-order valence-electron chi connectivity index (χ0n) is 16.0. The van der Waals surface area contributed by atoms with Gasteiger partial charge >= 0.3 is 0 Å². The zero-order chi connectivity index (χ0) is 20.4. The summed E-state index contributed by atoms with van der Waals surface area (Å²) in [6.07, 6.45) is 0.183. The van der Waals surface area contributed by atoms with Crippen LogP contribution in [-0.4, -0.2) is 57.0 Å². The number of piperidine rings is 1. The molecule has 6 nitrogen and oxygen atoms in total. The molecule has 3 N–H and O–H groups in total. The van der Waals surface area contributed by atoms with E-state index in [4.69, 9.17) is 0 Å². The van der Waals surface area contributed by atoms with Crippen molar-refractivity contribution in [3.63, 3.8) is 0 Å². The molecule has 1 aliphatic heterocycles. The van der Waals surface area contributed by atoms with Crippen LogP contribution in [0.4, 0.5) is 4.39 Å². The predicted molar refractivity (Wildman–Crippen MR) is 107 cm³/mol. The standard InChI is InChI=1S/C22H24FN3O3/c23-16-7-5-15(6-8-16)12-22(14-27)13-26(10-9-20(22)28)21(29)11-19-17-3-1-2-4-18(17)24-25-19/h1-8,20,27-28H,9-14H2,(H,24,25)/t20-,22-/m0/s1. The number of hydrogen-bond acceptors (Lipinski definition) is 4. The van der Waals surface area contributed by atoms with Crippen LogP contribution in [-0.2, 0) is 17.6 Å². The smallest absolute Gasteiger partial charge is 0.228 e. The third-order valence-electron chi connectivity index (χ3n) is 5.89. The van der Waals surface area contributed by atoms with Crippen molar-refractivity contribution in [1.82, 2.24) is 15.1 Å². The largest absolute Gasteiger partial charge is 0.396 e. The molecule has 1 fully saturated rings. The number of hydrogen-bond donors (Lipinski definition) is 3. The summed E-state index contributed by atoms with van der Waals surface area (Å²) in [5, 5.41) is 28.9. The van der Waals surface area contributed by atoms with Gasteiger partial charge in [0.15, 0.2) is 0 Å². The summed E-state index contributed by atoms with van der Waals surface area (Å²) in [5.41, 5.74) is 1.51. The first kappa shape index (κ1) is 19.5. The van der Waals surface area contributed by atoms with Gasteiger partial charge < -0.3 is 15.1 Å². The Bertz CT molecular complexity index is 1000. The number of rotatable bonds is 5. The molecule has 0 bridgehead atoms. The van der Waals surface area contributed by atoms with Crippen molar-refractivity contribution in [2.75, 3.05) is 19.7 Å². The van der Waals surface area contributed by atoms with Gasteiger partial charge in [-0.25, -0.2) is 4.39 Å². The quantitative estimate of drug-likeness (QED) is 0.615. The number of para-hydroxylation sites is 1. The summed E-state index contributed by atoms with van der Waals surface area (Å²) in [6.45, 7) is 0.409. The number of carbonyl (C=O) groups is 1. The fraction of sp³-hybridized carbons (Fsp3) is 0.364. The SMILES string of the molecule is O=C(Cc1[nH]nc2ccccc12)N1CC[C@H](O)[C@@](CO)(Cc2ccc(F)cc2)C1. The van der Waals surface area contributed by atoms with E-state index in [0.29, 0.717) is 19.4 Å². The van der Waals surface area contributed by atoms with Crippen LogP contribution in [0.25, 0.3) is 10.9 Å². The van der Waals surface area contributed by atoms with Crippen LogP contribution in [0.3, 0.4) is 0 Å². The Balaban J connectivity index is 1.52. The van der Waals surface area contributed by atoms with Crippen molar-refractivity contribution in [2.45, 2.75) is 25.4 Å². The van der Waals surface area contributed by atoms with Crippen LogP contribution in [0.15, 0.2) is 48.5 Å². The first-order valence-corrected chi connectivity index (χ1v) is 9.74.